The van der Waals surface area contributed by atoms with Crippen LogP contribution in [-0.2, 0) is 4.74 Å². The molecule has 2 N–H and O–H groups in total. The molecule has 1 aliphatic heterocycles. The van der Waals surface area contributed by atoms with E-state index in [0.29, 0.717) is 6.61 Å². The molecule has 1 saturated heterocycles. The van der Waals surface area contributed by atoms with Crippen molar-refractivity contribution in [1.29, 1.82) is 0 Å². The Balaban J connectivity index is 2.10. The fourth-order valence-corrected chi connectivity index (χ4v) is 2.24. The molecule has 1 aliphatic rings. The van der Waals surface area contributed by atoms with Crippen molar-refractivity contribution in [3.05, 3.63) is 23.8 Å². The van der Waals surface area contributed by atoms with E-state index in [0.717, 1.165) is 36.5 Å². The first-order chi connectivity index (χ1) is 8.72. The zero-order valence-electron chi connectivity index (χ0n) is 11.0. The number of hydrogen-bond donors (Lipinski definition) is 1. The fourth-order valence-electron chi connectivity index (χ4n) is 2.24. The molecule has 1 heterocycles. The second kappa shape index (κ2) is 6.07. The summed E-state index contributed by atoms with van der Waals surface area (Å²) in [6.45, 7) is 3.34. The summed E-state index contributed by atoms with van der Waals surface area (Å²) in [6.07, 6.45) is 2.39. The van der Waals surface area contributed by atoms with Crippen molar-refractivity contribution in [2.75, 3.05) is 20.3 Å². The van der Waals surface area contributed by atoms with Crippen LogP contribution in [0.4, 0.5) is 0 Å². The van der Waals surface area contributed by atoms with Crippen LogP contribution in [0.15, 0.2) is 18.2 Å². The van der Waals surface area contributed by atoms with Crippen LogP contribution in [0.2, 0.25) is 0 Å². The molecule has 2 rings (SSSR count). The summed E-state index contributed by atoms with van der Waals surface area (Å²) in [7, 11) is 1.64. The van der Waals surface area contributed by atoms with E-state index in [2.05, 4.69) is 0 Å². The number of ether oxygens (including phenoxy) is 3. The minimum Gasteiger partial charge on any atom is -0.496 e. The molecular weight excluding hydrogens is 230 g/mol. The summed E-state index contributed by atoms with van der Waals surface area (Å²) >= 11 is 0. The lowest BCUT2D eigenvalue weighted by Crippen LogP contribution is -2.18. The standard InChI is InChI=1S/C14H21NO3/c1-10(15)14-12(16-2)6-3-7-13(14)18-9-11-5-4-8-17-11/h3,6-7,10-11H,4-5,8-9,15H2,1-2H3/t10-,11?/m1/s1. The lowest BCUT2D eigenvalue weighted by molar-refractivity contribution is 0.0674. The molecule has 1 aromatic rings. The number of methoxy groups -OCH3 is 1. The molecule has 1 unspecified atom stereocenters. The Hall–Kier alpha value is -1.26. The lowest BCUT2D eigenvalue weighted by atomic mass is 10.1. The third-order valence-electron chi connectivity index (χ3n) is 3.15. The van der Waals surface area contributed by atoms with Gasteiger partial charge in [0.1, 0.15) is 18.1 Å². The minimum atomic E-state index is -0.124. The minimum absolute atomic E-state index is 0.124. The first-order valence-electron chi connectivity index (χ1n) is 6.39. The monoisotopic (exact) mass is 251 g/mol. The third kappa shape index (κ3) is 2.94. The number of nitrogens with two attached hydrogens (primary N) is 1. The molecule has 18 heavy (non-hydrogen) atoms. The highest BCUT2D eigenvalue weighted by Gasteiger charge is 2.19. The Labute approximate surface area is 108 Å². The predicted molar refractivity (Wildman–Crippen MR) is 70.1 cm³/mol. The van der Waals surface area contributed by atoms with Crippen molar-refractivity contribution in [3.63, 3.8) is 0 Å². The molecule has 0 bridgehead atoms. The van der Waals surface area contributed by atoms with Crippen molar-refractivity contribution in [2.24, 2.45) is 5.73 Å². The van der Waals surface area contributed by atoms with E-state index in [4.69, 9.17) is 19.9 Å². The molecule has 2 atom stereocenters. The smallest absolute Gasteiger partial charge is 0.127 e. The van der Waals surface area contributed by atoms with Gasteiger partial charge in [0.2, 0.25) is 0 Å². The van der Waals surface area contributed by atoms with E-state index in [9.17, 15) is 0 Å². The average molecular weight is 251 g/mol. The Morgan fingerprint density at radius 2 is 2.22 bits per heavy atom. The second-order valence-corrected chi connectivity index (χ2v) is 4.61. The number of rotatable bonds is 5. The Kier molecular flexibility index (Phi) is 4.44. The quantitative estimate of drug-likeness (QED) is 0.872. The Morgan fingerprint density at radius 1 is 1.44 bits per heavy atom. The molecule has 0 saturated carbocycles. The number of hydrogen-bond acceptors (Lipinski definition) is 4. The van der Waals surface area contributed by atoms with Gasteiger partial charge < -0.3 is 19.9 Å². The van der Waals surface area contributed by atoms with Gasteiger partial charge in [-0.3, -0.25) is 0 Å². The maximum atomic E-state index is 5.98. The Bertz CT molecular complexity index is 387. The van der Waals surface area contributed by atoms with E-state index in [1.165, 1.54) is 0 Å². The molecule has 1 aromatic carbocycles. The van der Waals surface area contributed by atoms with Crippen LogP contribution in [0, 0.1) is 0 Å². The van der Waals surface area contributed by atoms with Crippen LogP contribution >= 0.6 is 0 Å². The van der Waals surface area contributed by atoms with Crippen molar-refractivity contribution >= 4 is 0 Å². The zero-order chi connectivity index (χ0) is 13.0. The van der Waals surface area contributed by atoms with Gasteiger partial charge in [-0.1, -0.05) is 6.07 Å². The molecule has 0 radical (unpaired) electrons. The maximum Gasteiger partial charge on any atom is 0.127 e. The van der Waals surface area contributed by atoms with Gasteiger partial charge in [-0.15, -0.1) is 0 Å². The fraction of sp³-hybridized carbons (Fsp3) is 0.571. The summed E-state index contributed by atoms with van der Waals surface area (Å²) in [4.78, 5) is 0. The zero-order valence-corrected chi connectivity index (χ0v) is 11.0. The highest BCUT2D eigenvalue weighted by molar-refractivity contribution is 5.46. The van der Waals surface area contributed by atoms with Gasteiger partial charge in [0.25, 0.3) is 0 Å². The van der Waals surface area contributed by atoms with Crippen molar-refractivity contribution < 1.29 is 14.2 Å². The van der Waals surface area contributed by atoms with Crippen molar-refractivity contribution in [1.82, 2.24) is 0 Å². The van der Waals surface area contributed by atoms with Crippen LogP contribution in [0.1, 0.15) is 31.4 Å². The molecule has 0 aliphatic carbocycles. The van der Waals surface area contributed by atoms with Crippen LogP contribution in [0.3, 0.4) is 0 Å². The van der Waals surface area contributed by atoms with Gasteiger partial charge in [-0.2, -0.15) is 0 Å². The second-order valence-electron chi connectivity index (χ2n) is 4.61. The summed E-state index contributed by atoms with van der Waals surface area (Å²) in [5.41, 5.74) is 6.90. The average Bonchev–Trinajstić information content (AvgIpc) is 2.88. The van der Waals surface area contributed by atoms with E-state index in [1.54, 1.807) is 7.11 Å². The maximum absolute atomic E-state index is 5.98. The number of benzene rings is 1. The van der Waals surface area contributed by atoms with E-state index >= 15 is 0 Å². The van der Waals surface area contributed by atoms with Crippen molar-refractivity contribution in [2.45, 2.75) is 31.9 Å². The third-order valence-corrected chi connectivity index (χ3v) is 3.15. The summed E-state index contributed by atoms with van der Waals surface area (Å²) in [6, 6.07) is 5.62. The molecule has 4 nitrogen and oxygen atoms in total. The van der Waals surface area contributed by atoms with E-state index < -0.39 is 0 Å². The highest BCUT2D eigenvalue weighted by atomic mass is 16.5. The van der Waals surface area contributed by atoms with E-state index in [1.807, 2.05) is 25.1 Å². The summed E-state index contributed by atoms with van der Waals surface area (Å²) in [5.74, 6) is 1.56. The summed E-state index contributed by atoms with van der Waals surface area (Å²) < 4.78 is 16.7. The van der Waals surface area contributed by atoms with Crippen LogP contribution in [-0.4, -0.2) is 26.4 Å². The molecule has 0 spiro atoms. The SMILES string of the molecule is COc1cccc(OCC2CCCO2)c1[C@@H](C)N. The van der Waals surface area contributed by atoms with Gasteiger partial charge >= 0.3 is 0 Å². The summed E-state index contributed by atoms with van der Waals surface area (Å²) in [5, 5.41) is 0. The van der Waals surface area contributed by atoms with Crippen LogP contribution in [0.25, 0.3) is 0 Å². The largest absolute Gasteiger partial charge is 0.496 e. The predicted octanol–water partition coefficient (Wildman–Crippen LogP) is 2.27. The Morgan fingerprint density at radius 3 is 2.83 bits per heavy atom. The first kappa shape index (κ1) is 13.2. The van der Waals surface area contributed by atoms with Gasteiger partial charge in [0, 0.05) is 12.6 Å². The molecule has 0 aromatic heterocycles. The first-order valence-corrected chi connectivity index (χ1v) is 6.39. The molecule has 1 fully saturated rings. The van der Waals surface area contributed by atoms with Gasteiger partial charge in [0.05, 0.1) is 18.8 Å². The lowest BCUT2D eigenvalue weighted by Gasteiger charge is -2.18. The van der Waals surface area contributed by atoms with E-state index in [-0.39, 0.29) is 12.1 Å². The molecular formula is C14H21NO3. The van der Waals surface area contributed by atoms with Crippen LogP contribution < -0.4 is 15.2 Å². The topological polar surface area (TPSA) is 53.7 Å². The molecule has 100 valence electrons. The van der Waals surface area contributed by atoms with Gasteiger partial charge in [0.15, 0.2) is 0 Å². The van der Waals surface area contributed by atoms with Gasteiger partial charge in [-0.25, -0.2) is 0 Å². The van der Waals surface area contributed by atoms with Gasteiger partial charge in [-0.05, 0) is 31.9 Å². The van der Waals surface area contributed by atoms with Crippen molar-refractivity contribution in [3.8, 4) is 11.5 Å². The normalized spacial score (nSPS) is 20.7. The molecule has 4 heteroatoms. The van der Waals surface area contributed by atoms with Crippen LogP contribution in [0.5, 0.6) is 11.5 Å². The highest BCUT2D eigenvalue weighted by Crippen LogP contribution is 2.33. The molecule has 0 amide bonds.